The first-order valence-corrected chi connectivity index (χ1v) is 8.54. The molecule has 0 spiro atoms. The fraction of sp³-hybridized carbons (Fsp3) is 0.250. The second-order valence-electron chi connectivity index (χ2n) is 5.93. The first-order valence-electron chi connectivity index (χ1n) is 8.54. The molecular formula is C20H21BN2O2. The van der Waals surface area contributed by atoms with E-state index in [1.54, 1.807) is 13.0 Å². The standard InChI is InChI=1S/C20H21BN2O2/c1-3-5-13-25-19(24)14-16(8-4-2)21-22-17-11-6-9-15-10-7-12-18(23-21)20(15)17/h6-7,9-12,14,22-23H,4,8,13H2,1-2H3/b16-14+. The van der Waals surface area contributed by atoms with E-state index in [-0.39, 0.29) is 19.6 Å². The summed E-state index contributed by atoms with van der Waals surface area (Å²) in [6.07, 6.45) is 3.33. The molecule has 5 heteroatoms. The molecule has 0 unspecified atom stereocenters. The van der Waals surface area contributed by atoms with E-state index in [0.717, 1.165) is 29.7 Å². The Morgan fingerprint density at radius 2 is 1.88 bits per heavy atom. The summed E-state index contributed by atoms with van der Waals surface area (Å²) >= 11 is 0. The normalized spacial score (nSPS) is 12.7. The molecule has 0 bridgehead atoms. The van der Waals surface area contributed by atoms with Crippen molar-refractivity contribution >= 4 is 35.1 Å². The predicted octanol–water partition coefficient (Wildman–Crippen LogP) is 4.00. The minimum atomic E-state index is -0.355. The number of rotatable bonds is 5. The van der Waals surface area contributed by atoms with Gasteiger partial charge in [-0.05, 0) is 36.3 Å². The lowest BCUT2D eigenvalue weighted by Gasteiger charge is -2.28. The highest BCUT2D eigenvalue weighted by Crippen LogP contribution is 2.35. The average Bonchev–Trinajstić information content (AvgIpc) is 2.62. The number of carbonyl (C=O) groups is 1. The minimum absolute atomic E-state index is 0.124. The van der Waals surface area contributed by atoms with E-state index in [2.05, 4.69) is 53.5 Å². The third kappa shape index (κ3) is 3.80. The summed E-state index contributed by atoms with van der Waals surface area (Å²) in [5.41, 5.74) is 3.12. The van der Waals surface area contributed by atoms with Crippen LogP contribution in [0.2, 0.25) is 0 Å². The van der Waals surface area contributed by atoms with E-state index in [4.69, 9.17) is 4.74 Å². The van der Waals surface area contributed by atoms with E-state index in [1.807, 2.05) is 12.1 Å². The highest BCUT2D eigenvalue weighted by Gasteiger charge is 2.27. The van der Waals surface area contributed by atoms with Gasteiger partial charge in [0, 0.05) is 22.8 Å². The van der Waals surface area contributed by atoms with Crippen LogP contribution in [0.15, 0.2) is 47.9 Å². The van der Waals surface area contributed by atoms with Crippen LogP contribution in [-0.4, -0.2) is 19.6 Å². The molecule has 0 atom stereocenters. The summed E-state index contributed by atoms with van der Waals surface area (Å²) < 4.78 is 5.13. The van der Waals surface area contributed by atoms with E-state index in [1.165, 1.54) is 10.8 Å². The van der Waals surface area contributed by atoms with Gasteiger partial charge in [0.05, 0.1) is 0 Å². The van der Waals surface area contributed by atoms with Crippen molar-refractivity contribution in [3.8, 4) is 11.8 Å². The summed E-state index contributed by atoms with van der Waals surface area (Å²) in [5.74, 6) is 5.10. The Balaban J connectivity index is 1.86. The van der Waals surface area contributed by atoms with Crippen LogP contribution < -0.4 is 10.5 Å². The lowest BCUT2D eigenvalue weighted by atomic mass is 9.63. The Kier molecular flexibility index (Phi) is 5.30. The maximum Gasteiger partial charge on any atom is 0.402 e. The van der Waals surface area contributed by atoms with Gasteiger partial charge in [-0.1, -0.05) is 43.5 Å². The summed E-state index contributed by atoms with van der Waals surface area (Å²) in [6, 6.07) is 12.4. The van der Waals surface area contributed by atoms with E-state index < -0.39 is 0 Å². The Morgan fingerprint density at radius 1 is 1.20 bits per heavy atom. The number of hydrogen-bond donors (Lipinski definition) is 2. The van der Waals surface area contributed by atoms with Gasteiger partial charge in [-0.2, -0.15) is 0 Å². The van der Waals surface area contributed by atoms with E-state index in [0.29, 0.717) is 0 Å². The fourth-order valence-electron chi connectivity index (χ4n) is 3.07. The van der Waals surface area contributed by atoms with Crippen molar-refractivity contribution in [1.29, 1.82) is 0 Å². The van der Waals surface area contributed by atoms with Gasteiger partial charge in [0.2, 0.25) is 0 Å². The first-order chi connectivity index (χ1) is 12.2. The minimum Gasteiger partial charge on any atom is -0.449 e. The van der Waals surface area contributed by atoms with Crippen LogP contribution in [0.5, 0.6) is 0 Å². The number of nitrogens with one attached hydrogen (secondary N) is 2. The molecule has 25 heavy (non-hydrogen) atoms. The molecule has 3 rings (SSSR count). The molecule has 0 saturated carbocycles. The second kappa shape index (κ2) is 7.80. The van der Waals surface area contributed by atoms with Crippen LogP contribution in [0.1, 0.15) is 26.7 Å². The molecule has 0 radical (unpaired) electrons. The third-order valence-electron chi connectivity index (χ3n) is 4.18. The van der Waals surface area contributed by atoms with Crippen LogP contribution in [0.25, 0.3) is 10.8 Å². The summed E-state index contributed by atoms with van der Waals surface area (Å²) in [7, 11) is 0. The maximum absolute atomic E-state index is 12.1. The van der Waals surface area contributed by atoms with Crippen LogP contribution in [-0.2, 0) is 9.53 Å². The zero-order valence-electron chi connectivity index (χ0n) is 14.6. The number of allylic oxidation sites excluding steroid dienone is 1. The van der Waals surface area contributed by atoms with Crippen LogP contribution >= 0.6 is 0 Å². The number of ether oxygens (including phenoxy) is 1. The zero-order valence-corrected chi connectivity index (χ0v) is 14.6. The zero-order chi connectivity index (χ0) is 17.6. The summed E-state index contributed by atoms with van der Waals surface area (Å²) in [4.78, 5) is 12.1. The maximum atomic E-state index is 12.1. The van der Waals surface area contributed by atoms with Gasteiger partial charge < -0.3 is 15.2 Å². The van der Waals surface area contributed by atoms with Crippen molar-refractivity contribution in [3.63, 3.8) is 0 Å². The van der Waals surface area contributed by atoms with Crippen molar-refractivity contribution < 1.29 is 9.53 Å². The lowest BCUT2D eigenvalue weighted by molar-refractivity contribution is -0.136. The van der Waals surface area contributed by atoms with Crippen molar-refractivity contribution in [2.45, 2.75) is 26.7 Å². The van der Waals surface area contributed by atoms with Crippen LogP contribution in [0.3, 0.4) is 0 Å². The van der Waals surface area contributed by atoms with Gasteiger partial charge in [0.15, 0.2) is 6.61 Å². The topological polar surface area (TPSA) is 50.4 Å². The SMILES string of the molecule is CC#CCOC(=O)/C=C(\CCC)B1Nc2cccc3cccc(c23)N1. The van der Waals surface area contributed by atoms with Crippen molar-refractivity contribution in [1.82, 2.24) is 0 Å². The molecule has 2 aromatic carbocycles. The predicted molar refractivity (Wildman–Crippen MR) is 104 cm³/mol. The monoisotopic (exact) mass is 332 g/mol. The molecule has 0 saturated heterocycles. The molecule has 1 aliphatic rings. The molecule has 1 heterocycles. The number of benzene rings is 2. The molecule has 2 aromatic rings. The van der Waals surface area contributed by atoms with E-state index in [9.17, 15) is 4.79 Å². The van der Waals surface area contributed by atoms with Gasteiger partial charge in [0.25, 0.3) is 0 Å². The van der Waals surface area contributed by atoms with Gasteiger partial charge in [-0.25, -0.2) is 4.79 Å². The quantitative estimate of drug-likeness (QED) is 0.376. The molecular weight excluding hydrogens is 311 g/mol. The van der Waals surface area contributed by atoms with Crippen molar-refractivity contribution in [2.75, 3.05) is 17.1 Å². The lowest BCUT2D eigenvalue weighted by Crippen LogP contribution is -2.39. The first kappa shape index (κ1) is 17.0. The Bertz CT molecular complexity index is 839. The Labute approximate surface area is 148 Å². The molecule has 1 aliphatic heterocycles. The van der Waals surface area contributed by atoms with Gasteiger partial charge in [-0.15, -0.1) is 5.92 Å². The van der Waals surface area contributed by atoms with Crippen LogP contribution in [0, 0.1) is 11.8 Å². The second-order valence-corrected chi connectivity index (χ2v) is 5.93. The molecule has 2 N–H and O–H groups in total. The average molecular weight is 332 g/mol. The largest absolute Gasteiger partial charge is 0.449 e. The fourth-order valence-corrected chi connectivity index (χ4v) is 3.07. The smallest absolute Gasteiger partial charge is 0.402 e. The van der Waals surface area contributed by atoms with Gasteiger partial charge in [-0.3, -0.25) is 0 Å². The van der Waals surface area contributed by atoms with Crippen molar-refractivity contribution in [2.24, 2.45) is 0 Å². The molecule has 126 valence electrons. The number of hydrogen-bond acceptors (Lipinski definition) is 4. The Hall–Kier alpha value is -2.87. The summed E-state index contributed by atoms with van der Waals surface area (Å²) in [6.45, 7) is 3.81. The van der Waals surface area contributed by atoms with Gasteiger partial charge >= 0.3 is 13.0 Å². The number of esters is 1. The highest BCUT2D eigenvalue weighted by atomic mass is 16.5. The highest BCUT2D eigenvalue weighted by molar-refractivity contribution is 6.74. The summed E-state index contributed by atoms with van der Waals surface area (Å²) in [5, 5.41) is 9.37. The van der Waals surface area contributed by atoms with Crippen molar-refractivity contribution in [3.05, 3.63) is 47.9 Å². The molecule has 0 aliphatic carbocycles. The van der Waals surface area contributed by atoms with E-state index >= 15 is 0 Å². The molecule has 4 nitrogen and oxygen atoms in total. The molecule has 0 fully saturated rings. The number of anilines is 2. The molecule has 0 aromatic heterocycles. The Morgan fingerprint density at radius 3 is 2.48 bits per heavy atom. The third-order valence-corrected chi connectivity index (χ3v) is 4.18. The van der Waals surface area contributed by atoms with Gasteiger partial charge in [0.1, 0.15) is 0 Å². The molecule has 0 amide bonds. The number of carbonyl (C=O) groups excluding carboxylic acids is 1. The van der Waals surface area contributed by atoms with Crippen LogP contribution in [0.4, 0.5) is 11.4 Å².